The van der Waals surface area contributed by atoms with Crippen molar-refractivity contribution in [2.24, 2.45) is 5.92 Å². The van der Waals surface area contributed by atoms with Gasteiger partial charge < -0.3 is 0 Å². The lowest BCUT2D eigenvalue weighted by Gasteiger charge is -2.29. The molecule has 0 bridgehead atoms. The van der Waals surface area contributed by atoms with Crippen molar-refractivity contribution in [3.05, 3.63) is 35.9 Å². The minimum atomic E-state index is -4.25. The SMILES string of the molecule is CC(CN(CC(F)(F)F)C(C)C)C(=O)c1ccccc1. The molecule has 0 saturated heterocycles. The van der Waals surface area contributed by atoms with Gasteiger partial charge in [-0.25, -0.2) is 0 Å². The maximum atomic E-state index is 12.5. The summed E-state index contributed by atoms with van der Waals surface area (Å²) in [6.07, 6.45) is -4.25. The normalized spacial score (nSPS) is 13.8. The highest BCUT2D eigenvalue weighted by molar-refractivity contribution is 5.97. The molecule has 0 N–H and O–H groups in total. The Kier molecular flexibility index (Phi) is 5.74. The van der Waals surface area contributed by atoms with Crippen LogP contribution in [0.5, 0.6) is 0 Å². The molecule has 112 valence electrons. The Morgan fingerprint density at radius 1 is 1.15 bits per heavy atom. The van der Waals surface area contributed by atoms with E-state index in [-0.39, 0.29) is 18.4 Å². The maximum Gasteiger partial charge on any atom is 0.401 e. The number of rotatable bonds is 6. The smallest absolute Gasteiger partial charge is 0.294 e. The van der Waals surface area contributed by atoms with Gasteiger partial charge >= 0.3 is 6.18 Å². The molecule has 1 aromatic carbocycles. The van der Waals surface area contributed by atoms with Crippen molar-refractivity contribution < 1.29 is 18.0 Å². The Bertz CT molecular complexity index is 428. The zero-order valence-electron chi connectivity index (χ0n) is 11.9. The van der Waals surface area contributed by atoms with Crippen molar-refractivity contribution in [2.45, 2.75) is 33.0 Å². The monoisotopic (exact) mass is 287 g/mol. The van der Waals surface area contributed by atoms with Gasteiger partial charge in [-0.1, -0.05) is 37.3 Å². The van der Waals surface area contributed by atoms with Crippen molar-refractivity contribution in [1.29, 1.82) is 0 Å². The molecule has 0 spiro atoms. The van der Waals surface area contributed by atoms with Gasteiger partial charge in [0.2, 0.25) is 0 Å². The van der Waals surface area contributed by atoms with E-state index < -0.39 is 18.6 Å². The summed E-state index contributed by atoms with van der Waals surface area (Å²) in [6.45, 7) is 4.18. The lowest BCUT2D eigenvalue weighted by molar-refractivity contribution is -0.150. The average Bonchev–Trinajstić information content (AvgIpc) is 2.36. The number of ketones is 1. The summed E-state index contributed by atoms with van der Waals surface area (Å²) in [6, 6.07) is 8.39. The van der Waals surface area contributed by atoms with E-state index >= 15 is 0 Å². The molecule has 0 heterocycles. The van der Waals surface area contributed by atoms with Crippen LogP contribution in [0.15, 0.2) is 30.3 Å². The van der Waals surface area contributed by atoms with Gasteiger partial charge in [0.15, 0.2) is 5.78 Å². The van der Waals surface area contributed by atoms with E-state index in [1.54, 1.807) is 51.1 Å². The molecule has 0 amide bonds. The first-order valence-electron chi connectivity index (χ1n) is 6.60. The van der Waals surface area contributed by atoms with E-state index in [1.165, 1.54) is 4.90 Å². The van der Waals surface area contributed by atoms with Gasteiger partial charge in [0.1, 0.15) is 0 Å². The van der Waals surface area contributed by atoms with E-state index in [1.807, 2.05) is 0 Å². The summed E-state index contributed by atoms with van der Waals surface area (Å²) in [5.74, 6) is -0.597. The summed E-state index contributed by atoms with van der Waals surface area (Å²) in [7, 11) is 0. The maximum absolute atomic E-state index is 12.5. The molecule has 0 aromatic heterocycles. The van der Waals surface area contributed by atoms with Crippen molar-refractivity contribution in [3.63, 3.8) is 0 Å². The van der Waals surface area contributed by atoms with Crippen molar-refractivity contribution in [1.82, 2.24) is 4.90 Å². The zero-order valence-corrected chi connectivity index (χ0v) is 11.9. The highest BCUT2D eigenvalue weighted by Gasteiger charge is 2.33. The lowest BCUT2D eigenvalue weighted by Crippen LogP contribution is -2.42. The van der Waals surface area contributed by atoms with E-state index in [0.717, 1.165) is 0 Å². The predicted molar refractivity (Wildman–Crippen MR) is 72.7 cm³/mol. The van der Waals surface area contributed by atoms with Crippen LogP contribution in [0.4, 0.5) is 13.2 Å². The number of halogens is 3. The average molecular weight is 287 g/mol. The molecule has 0 saturated carbocycles. The summed E-state index contributed by atoms with van der Waals surface area (Å²) >= 11 is 0. The number of Topliss-reactive ketones (excluding diaryl/α,β-unsaturated/α-hetero) is 1. The third-order valence-corrected chi connectivity index (χ3v) is 3.13. The Morgan fingerprint density at radius 2 is 1.70 bits per heavy atom. The van der Waals surface area contributed by atoms with Gasteiger partial charge in [0.05, 0.1) is 6.54 Å². The van der Waals surface area contributed by atoms with Crippen LogP contribution in [-0.2, 0) is 0 Å². The van der Waals surface area contributed by atoms with Crippen LogP contribution in [0.3, 0.4) is 0 Å². The van der Waals surface area contributed by atoms with Crippen molar-refractivity contribution in [3.8, 4) is 0 Å². The zero-order chi connectivity index (χ0) is 15.3. The molecule has 0 aliphatic carbocycles. The van der Waals surface area contributed by atoms with Crippen LogP contribution in [0.1, 0.15) is 31.1 Å². The van der Waals surface area contributed by atoms with Crippen LogP contribution in [0.2, 0.25) is 0 Å². The van der Waals surface area contributed by atoms with Crippen molar-refractivity contribution >= 4 is 5.78 Å². The Hall–Kier alpha value is -1.36. The first kappa shape index (κ1) is 16.7. The number of alkyl halides is 3. The summed E-state index contributed by atoms with van der Waals surface area (Å²) in [5.41, 5.74) is 0.538. The largest absolute Gasteiger partial charge is 0.401 e. The van der Waals surface area contributed by atoms with Gasteiger partial charge in [0.25, 0.3) is 0 Å². The molecule has 0 aliphatic heterocycles. The molecule has 0 radical (unpaired) electrons. The lowest BCUT2D eigenvalue weighted by atomic mass is 9.98. The van der Waals surface area contributed by atoms with E-state index in [2.05, 4.69) is 0 Å². The molecule has 2 nitrogen and oxygen atoms in total. The molecule has 1 aromatic rings. The summed E-state index contributed by atoms with van der Waals surface area (Å²) < 4.78 is 37.5. The minimum absolute atomic E-state index is 0.102. The fraction of sp³-hybridized carbons (Fsp3) is 0.533. The van der Waals surface area contributed by atoms with Crippen molar-refractivity contribution in [2.75, 3.05) is 13.1 Å². The van der Waals surface area contributed by atoms with Gasteiger partial charge in [-0.05, 0) is 13.8 Å². The third-order valence-electron chi connectivity index (χ3n) is 3.13. The number of carbonyl (C=O) groups excluding carboxylic acids is 1. The molecule has 1 unspecified atom stereocenters. The molecular weight excluding hydrogens is 267 g/mol. The standard InChI is InChI=1S/C15H20F3NO/c1-11(2)19(10-15(16,17)18)9-12(3)14(20)13-7-5-4-6-8-13/h4-8,11-12H,9-10H2,1-3H3. The minimum Gasteiger partial charge on any atom is -0.294 e. The first-order chi connectivity index (χ1) is 9.20. The quantitative estimate of drug-likeness (QED) is 0.742. The molecule has 5 heteroatoms. The van der Waals surface area contributed by atoms with Gasteiger partial charge in [-0.15, -0.1) is 0 Å². The Labute approximate surface area is 117 Å². The Morgan fingerprint density at radius 3 is 2.15 bits per heavy atom. The number of benzene rings is 1. The summed E-state index contributed by atoms with van der Waals surface area (Å²) in [4.78, 5) is 13.4. The van der Waals surface area contributed by atoms with Gasteiger partial charge in [-0.2, -0.15) is 13.2 Å². The van der Waals surface area contributed by atoms with Crippen LogP contribution >= 0.6 is 0 Å². The second-order valence-corrected chi connectivity index (χ2v) is 5.27. The number of carbonyl (C=O) groups is 1. The van der Waals surface area contributed by atoms with Gasteiger partial charge in [-0.3, -0.25) is 9.69 Å². The van der Waals surface area contributed by atoms with E-state index in [4.69, 9.17) is 0 Å². The Balaban J connectivity index is 2.71. The second kappa shape index (κ2) is 6.88. The molecule has 1 atom stereocenters. The summed E-state index contributed by atoms with van der Waals surface area (Å²) in [5, 5.41) is 0. The van der Waals surface area contributed by atoms with Gasteiger partial charge in [0, 0.05) is 24.1 Å². The highest BCUT2D eigenvalue weighted by Crippen LogP contribution is 2.20. The van der Waals surface area contributed by atoms with Crippen LogP contribution < -0.4 is 0 Å². The van der Waals surface area contributed by atoms with E-state index in [0.29, 0.717) is 5.56 Å². The fourth-order valence-electron chi connectivity index (χ4n) is 2.01. The van der Waals surface area contributed by atoms with Crippen LogP contribution in [0, 0.1) is 5.92 Å². The topological polar surface area (TPSA) is 20.3 Å². The second-order valence-electron chi connectivity index (χ2n) is 5.27. The van der Waals surface area contributed by atoms with E-state index in [9.17, 15) is 18.0 Å². The highest BCUT2D eigenvalue weighted by atomic mass is 19.4. The predicted octanol–water partition coefficient (Wildman–Crippen LogP) is 3.78. The number of hydrogen-bond donors (Lipinski definition) is 0. The van der Waals surface area contributed by atoms with Crippen LogP contribution in [-0.4, -0.2) is 36.0 Å². The first-order valence-corrected chi connectivity index (χ1v) is 6.60. The molecular formula is C15H20F3NO. The number of nitrogens with zero attached hydrogens (tertiary/aromatic N) is 1. The van der Waals surface area contributed by atoms with Crippen LogP contribution in [0.25, 0.3) is 0 Å². The molecule has 20 heavy (non-hydrogen) atoms. The molecule has 1 rings (SSSR count). The molecule has 0 aliphatic rings. The third kappa shape index (κ3) is 5.33. The number of hydrogen-bond acceptors (Lipinski definition) is 2. The fourth-order valence-corrected chi connectivity index (χ4v) is 2.01. The molecule has 0 fully saturated rings.